The number of hydrogen-bond donors (Lipinski definition) is 1. The summed E-state index contributed by atoms with van der Waals surface area (Å²) >= 11 is 0. The Hall–Kier alpha value is 0.0538. The molecule has 0 saturated carbocycles. The maximum atomic E-state index is 10.8. The van der Waals surface area contributed by atoms with Crippen molar-refractivity contribution in [1.29, 1.82) is 0 Å². The smallest absolute Gasteiger partial charge is 0.192 e. The molecule has 0 heterocycles. The number of aliphatic hydroxyl groups is 1. The molecule has 0 amide bonds. The third-order valence-electron chi connectivity index (χ3n) is 7.13. The predicted molar refractivity (Wildman–Crippen MR) is 124 cm³/mol. The van der Waals surface area contributed by atoms with Gasteiger partial charge in [0.15, 0.2) is 16.6 Å². The van der Waals surface area contributed by atoms with E-state index in [-0.39, 0.29) is 11.5 Å². The summed E-state index contributed by atoms with van der Waals surface area (Å²) in [5.74, 6) is 0. The van der Waals surface area contributed by atoms with Crippen LogP contribution in [-0.4, -0.2) is 40.6 Å². The molecule has 0 fully saturated rings. The van der Waals surface area contributed by atoms with Gasteiger partial charge in [-0.05, 0) is 49.1 Å². The van der Waals surface area contributed by atoms with E-state index in [1.165, 1.54) is 18.1 Å². The molecule has 0 radical (unpaired) electrons. The van der Waals surface area contributed by atoms with Crippen molar-refractivity contribution in [1.82, 2.24) is 0 Å². The zero-order valence-corrected chi connectivity index (χ0v) is 21.6. The van der Waals surface area contributed by atoms with Crippen LogP contribution < -0.4 is 0 Å². The van der Waals surface area contributed by atoms with Gasteiger partial charge in [-0.2, -0.15) is 0 Å². The number of aliphatic hydroxyl groups excluding tert-OH is 1. The second-order valence-corrected chi connectivity index (χ2v) is 18.1. The topological polar surface area (TPSA) is 38.7 Å². The monoisotopic (exact) mass is 416 g/mol. The first kappa shape index (κ1) is 27.1. The lowest BCUT2D eigenvalue weighted by Crippen LogP contribution is -2.50. The van der Waals surface area contributed by atoms with Crippen molar-refractivity contribution in [3.8, 4) is 0 Å². The molecule has 5 heteroatoms. The average molecular weight is 417 g/mol. The Labute approximate surface area is 172 Å². The summed E-state index contributed by atoms with van der Waals surface area (Å²) < 4.78 is 13.4. The molecule has 2 atom stereocenters. The van der Waals surface area contributed by atoms with Crippen LogP contribution in [0.5, 0.6) is 0 Å². The van der Waals surface area contributed by atoms with Gasteiger partial charge in [0, 0.05) is 12.0 Å². The molecule has 0 aromatic rings. The highest BCUT2D eigenvalue weighted by Gasteiger charge is 2.42. The van der Waals surface area contributed by atoms with E-state index >= 15 is 0 Å². The SMILES string of the molecule is C=CC[C@H](O)C(C)(C)[C@H](CCO[Si](CC)(CC)CC)O[Si](CC)(CC)CC. The molecule has 0 aliphatic rings. The van der Waals surface area contributed by atoms with Gasteiger partial charge in [0.05, 0.1) is 12.2 Å². The Morgan fingerprint density at radius 1 is 0.889 bits per heavy atom. The minimum Gasteiger partial charge on any atom is -0.417 e. The molecule has 0 rings (SSSR count). The van der Waals surface area contributed by atoms with Gasteiger partial charge in [0.1, 0.15) is 0 Å². The predicted octanol–water partition coefficient (Wildman–Crippen LogP) is 6.75. The van der Waals surface area contributed by atoms with E-state index in [0.29, 0.717) is 6.42 Å². The highest BCUT2D eigenvalue weighted by Crippen LogP contribution is 2.37. The van der Waals surface area contributed by atoms with Crippen LogP contribution in [0.25, 0.3) is 0 Å². The van der Waals surface area contributed by atoms with Crippen LogP contribution in [0.1, 0.15) is 68.2 Å². The van der Waals surface area contributed by atoms with Crippen LogP contribution in [0.3, 0.4) is 0 Å². The van der Waals surface area contributed by atoms with Gasteiger partial charge in [-0.25, -0.2) is 0 Å². The van der Waals surface area contributed by atoms with Crippen molar-refractivity contribution in [3.63, 3.8) is 0 Å². The number of rotatable bonds is 16. The van der Waals surface area contributed by atoms with E-state index in [9.17, 15) is 5.11 Å². The van der Waals surface area contributed by atoms with Crippen molar-refractivity contribution >= 4 is 16.6 Å². The zero-order chi connectivity index (χ0) is 21.1. The summed E-state index contributed by atoms with van der Waals surface area (Å²) in [7, 11) is -3.35. The normalized spacial score (nSPS) is 15.6. The number of hydrogen-bond acceptors (Lipinski definition) is 3. The van der Waals surface area contributed by atoms with Crippen LogP contribution in [0.4, 0.5) is 0 Å². The van der Waals surface area contributed by atoms with Gasteiger partial charge in [0.2, 0.25) is 0 Å². The van der Waals surface area contributed by atoms with E-state index in [1.807, 2.05) is 6.08 Å². The lowest BCUT2D eigenvalue weighted by atomic mass is 9.78. The Kier molecular flexibility index (Phi) is 12.6. The fraction of sp³-hybridized carbons (Fsp3) is 0.909. The van der Waals surface area contributed by atoms with Crippen molar-refractivity contribution < 1.29 is 14.0 Å². The highest BCUT2D eigenvalue weighted by molar-refractivity contribution is 6.74. The first-order valence-corrected chi connectivity index (χ1v) is 16.3. The lowest BCUT2D eigenvalue weighted by Gasteiger charge is -2.44. The summed E-state index contributed by atoms with van der Waals surface area (Å²) in [6, 6.07) is 6.90. The van der Waals surface area contributed by atoms with Crippen molar-refractivity contribution in [2.75, 3.05) is 6.61 Å². The van der Waals surface area contributed by atoms with Gasteiger partial charge in [0.25, 0.3) is 0 Å². The van der Waals surface area contributed by atoms with Gasteiger partial charge >= 0.3 is 0 Å². The largest absolute Gasteiger partial charge is 0.417 e. The molecule has 0 saturated heterocycles. The van der Waals surface area contributed by atoms with E-state index in [4.69, 9.17) is 8.85 Å². The summed E-state index contributed by atoms with van der Waals surface area (Å²) in [5, 5.41) is 10.8. The molecule has 0 unspecified atom stereocenters. The summed E-state index contributed by atoms with van der Waals surface area (Å²) in [4.78, 5) is 0. The maximum Gasteiger partial charge on any atom is 0.192 e. The standard InChI is InChI=1S/C22H48O3Si2/c1-10-17-20(23)22(8,9)21(25-27(14-5,15-6)16-7)18-19-24-26(11-2,12-3)13-4/h10,20-21,23H,1,11-19H2,2-9H3/t20-,21-/m0/s1. The average Bonchev–Trinajstić information content (AvgIpc) is 2.68. The van der Waals surface area contributed by atoms with Gasteiger partial charge in [-0.3, -0.25) is 0 Å². The third kappa shape index (κ3) is 7.43. The maximum absolute atomic E-state index is 10.8. The van der Waals surface area contributed by atoms with Crippen LogP contribution in [0.2, 0.25) is 36.3 Å². The van der Waals surface area contributed by atoms with E-state index in [1.54, 1.807) is 0 Å². The second-order valence-electron chi connectivity index (χ2n) is 8.59. The first-order valence-electron chi connectivity index (χ1n) is 11.3. The van der Waals surface area contributed by atoms with Gasteiger partial charge in [-0.15, -0.1) is 6.58 Å². The Bertz CT molecular complexity index is 388. The van der Waals surface area contributed by atoms with E-state index in [2.05, 4.69) is 62.0 Å². The molecule has 3 nitrogen and oxygen atoms in total. The minimum atomic E-state index is -1.76. The molecular formula is C22H48O3Si2. The highest BCUT2D eigenvalue weighted by atomic mass is 28.4. The molecule has 162 valence electrons. The quantitative estimate of drug-likeness (QED) is 0.223. The molecule has 0 aliphatic heterocycles. The summed E-state index contributed by atoms with van der Waals surface area (Å²) in [6.07, 6.45) is 2.86. The Morgan fingerprint density at radius 2 is 1.33 bits per heavy atom. The zero-order valence-electron chi connectivity index (χ0n) is 19.6. The van der Waals surface area contributed by atoms with Crippen molar-refractivity contribution in [2.45, 2.75) is 117 Å². The van der Waals surface area contributed by atoms with Crippen LogP contribution in [-0.2, 0) is 8.85 Å². The molecule has 27 heavy (non-hydrogen) atoms. The van der Waals surface area contributed by atoms with Crippen LogP contribution in [0.15, 0.2) is 12.7 Å². The molecule has 0 aromatic carbocycles. The molecule has 1 N–H and O–H groups in total. The van der Waals surface area contributed by atoms with Crippen LogP contribution in [0, 0.1) is 5.41 Å². The Balaban J connectivity index is 5.44. The fourth-order valence-electron chi connectivity index (χ4n) is 4.00. The molecule has 0 bridgehead atoms. The summed E-state index contributed by atoms with van der Waals surface area (Å²) in [5.41, 5.74) is -0.315. The first-order chi connectivity index (χ1) is 12.7. The van der Waals surface area contributed by atoms with Crippen molar-refractivity contribution in [2.24, 2.45) is 5.41 Å². The minimum absolute atomic E-state index is 0.0243. The lowest BCUT2D eigenvalue weighted by molar-refractivity contribution is -0.0459. The van der Waals surface area contributed by atoms with Gasteiger partial charge in [-0.1, -0.05) is 61.5 Å². The fourth-order valence-corrected chi connectivity index (χ4v) is 9.69. The molecule has 0 spiro atoms. The molecule has 0 aliphatic carbocycles. The van der Waals surface area contributed by atoms with Gasteiger partial charge < -0.3 is 14.0 Å². The van der Waals surface area contributed by atoms with E-state index in [0.717, 1.165) is 31.2 Å². The van der Waals surface area contributed by atoms with Crippen LogP contribution >= 0.6 is 0 Å². The molecule has 0 aromatic heterocycles. The molecular weight excluding hydrogens is 368 g/mol. The second kappa shape index (κ2) is 12.6. The van der Waals surface area contributed by atoms with Crippen molar-refractivity contribution in [3.05, 3.63) is 12.7 Å². The third-order valence-corrected chi connectivity index (χ3v) is 16.5. The van der Waals surface area contributed by atoms with E-state index < -0.39 is 22.7 Å². The summed E-state index contributed by atoms with van der Waals surface area (Å²) in [6.45, 7) is 22.5. The Morgan fingerprint density at radius 3 is 1.70 bits per heavy atom.